The molecule has 7 heteroatoms. The number of aromatic amines is 2. The van der Waals surface area contributed by atoms with E-state index in [1.54, 1.807) is 6.07 Å². The van der Waals surface area contributed by atoms with Gasteiger partial charge >= 0.3 is 5.69 Å². The molecule has 0 saturated heterocycles. The first-order valence-electron chi connectivity index (χ1n) is 6.74. The van der Waals surface area contributed by atoms with Crippen molar-refractivity contribution < 1.29 is 2.85 Å². The van der Waals surface area contributed by atoms with Crippen LogP contribution in [0.1, 0.15) is 39.8 Å². The first kappa shape index (κ1) is 13.2. The minimum atomic E-state index is -0.571. The van der Waals surface area contributed by atoms with Gasteiger partial charge in [0.2, 0.25) is 0 Å². The summed E-state index contributed by atoms with van der Waals surface area (Å²) < 4.78 is 0. The maximum absolute atomic E-state index is 11.8. The van der Waals surface area contributed by atoms with E-state index in [4.69, 9.17) is 5.26 Å². The number of aromatic nitrogens is 4. The molecule has 0 amide bonds. The minimum Gasteiger partial charge on any atom is -0.313 e. The van der Waals surface area contributed by atoms with E-state index >= 15 is 0 Å². The lowest BCUT2D eigenvalue weighted by molar-refractivity contribution is 0.761. The molecule has 1 aliphatic rings. The highest BCUT2D eigenvalue weighted by Gasteiger charge is 2.38. The van der Waals surface area contributed by atoms with Gasteiger partial charge in [0.05, 0.1) is 5.56 Å². The summed E-state index contributed by atoms with van der Waals surface area (Å²) in [6.45, 7) is 2.11. The topological polar surface area (TPSA) is 115 Å². The van der Waals surface area contributed by atoms with Crippen LogP contribution < -0.4 is 11.2 Å². The van der Waals surface area contributed by atoms with Gasteiger partial charge in [0.25, 0.3) is 5.56 Å². The van der Waals surface area contributed by atoms with Gasteiger partial charge in [0.15, 0.2) is 5.69 Å². The molecular formula is C14H17N5O2. The van der Waals surface area contributed by atoms with Crippen LogP contribution in [0.3, 0.4) is 0 Å². The highest BCUT2D eigenvalue weighted by molar-refractivity contribution is 5.58. The molecule has 2 atom stereocenters. The van der Waals surface area contributed by atoms with Gasteiger partial charge in [-0.3, -0.25) is 9.78 Å². The third-order valence-electron chi connectivity index (χ3n) is 3.87. The molecule has 1 aliphatic carbocycles. The van der Waals surface area contributed by atoms with Crippen LogP contribution in [-0.2, 0) is 0 Å². The Morgan fingerprint density at radius 2 is 2.29 bits per heavy atom. The molecule has 0 unspecified atom stereocenters. The van der Waals surface area contributed by atoms with Crippen LogP contribution in [0.2, 0.25) is 0 Å². The zero-order valence-electron chi connectivity index (χ0n) is 11.4. The second-order valence-electron chi connectivity index (χ2n) is 5.14. The van der Waals surface area contributed by atoms with Gasteiger partial charge in [-0.15, -0.1) is 10.2 Å². The first-order chi connectivity index (χ1) is 10.1. The first-order valence-corrected chi connectivity index (χ1v) is 6.74. The molecule has 2 aromatic rings. The van der Waals surface area contributed by atoms with Crippen LogP contribution in [0.15, 0.2) is 21.9 Å². The second-order valence-corrected chi connectivity index (χ2v) is 5.14. The van der Waals surface area contributed by atoms with Crippen molar-refractivity contribution >= 4 is 0 Å². The number of H-pyrrole nitrogens is 2. The summed E-state index contributed by atoms with van der Waals surface area (Å²) in [6.07, 6.45) is 3.38. The summed E-state index contributed by atoms with van der Waals surface area (Å²) in [5.74, 6) is 0.865. The zero-order chi connectivity index (χ0) is 15.0. The van der Waals surface area contributed by atoms with Crippen LogP contribution in [0.4, 0.5) is 0 Å². The lowest BCUT2D eigenvalue weighted by Gasteiger charge is -2.04. The molecule has 2 N–H and O–H groups in total. The molecule has 1 fully saturated rings. The van der Waals surface area contributed by atoms with Crippen LogP contribution in [0, 0.1) is 17.2 Å². The molecule has 0 spiro atoms. The van der Waals surface area contributed by atoms with E-state index in [9.17, 15) is 9.59 Å². The average Bonchev–Trinajstić information content (AvgIpc) is 3.26. The summed E-state index contributed by atoms with van der Waals surface area (Å²) in [6, 6.07) is 3.78. The summed E-state index contributed by atoms with van der Waals surface area (Å²) >= 11 is 0. The van der Waals surface area contributed by atoms with Gasteiger partial charge in [-0.05, 0) is 29.9 Å². The normalized spacial score (nSPS) is 20.0. The molecule has 0 bridgehead atoms. The molecule has 7 nitrogen and oxygen atoms in total. The standard InChI is InChI=1S/C14H13N5O2.2H2/c1-2-7-3-8(7)9-4-11(18-19-12(9)5-15)10-6-16-14(21)17-13(10)20;;/h4,6-8H,2-3H2,1H3,(H2,16,17,20,21);2*1H/t7-,8-;;/m0../s1. The van der Waals surface area contributed by atoms with E-state index in [0.29, 0.717) is 23.2 Å². The van der Waals surface area contributed by atoms with Crippen molar-refractivity contribution in [2.75, 3.05) is 0 Å². The smallest absolute Gasteiger partial charge is 0.313 e. The van der Waals surface area contributed by atoms with E-state index in [-0.39, 0.29) is 8.42 Å². The monoisotopic (exact) mass is 287 g/mol. The Bertz CT molecular complexity index is 855. The Morgan fingerprint density at radius 3 is 2.90 bits per heavy atom. The van der Waals surface area contributed by atoms with Crippen molar-refractivity contribution in [3.05, 3.63) is 44.4 Å². The Morgan fingerprint density at radius 1 is 1.48 bits per heavy atom. The fourth-order valence-corrected chi connectivity index (χ4v) is 2.59. The number of nitrogens with one attached hydrogen (secondary N) is 2. The van der Waals surface area contributed by atoms with Gasteiger partial charge in [0, 0.05) is 9.05 Å². The maximum Gasteiger partial charge on any atom is 0.325 e. The second kappa shape index (κ2) is 4.98. The predicted molar refractivity (Wildman–Crippen MR) is 78.8 cm³/mol. The summed E-state index contributed by atoms with van der Waals surface area (Å²) in [5.41, 5.74) is 0.649. The van der Waals surface area contributed by atoms with E-state index in [0.717, 1.165) is 18.4 Å². The predicted octanol–water partition coefficient (Wildman–Crippen LogP) is 1.40. The average molecular weight is 287 g/mol. The Kier molecular flexibility index (Phi) is 3.14. The number of nitriles is 1. The Hall–Kier alpha value is -2.75. The van der Waals surface area contributed by atoms with Gasteiger partial charge in [0.1, 0.15) is 11.8 Å². The molecule has 0 aliphatic heterocycles. The summed E-state index contributed by atoms with van der Waals surface area (Å²) in [7, 11) is 0. The van der Waals surface area contributed by atoms with Crippen LogP contribution >= 0.6 is 0 Å². The lowest BCUT2D eigenvalue weighted by Crippen LogP contribution is -2.23. The molecule has 2 heterocycles. The van der Waals surface area contributed by atoms with Gasteiger partial charge < -0.3 is 4.98 Å². The molecule has 21 heavy (non-hydrogen) atoms. The fraction of sp³-hybridized carbons (Fsp3) is 0.357. The van der Waals surface area contributed by atoms with E-state index in [1.165, 1.54) is 6.20 Å². The number of rotatable bonds is 3. The largest absolute Gasteiger partial charge is 0.325 e. The molecule has 3 rings (SSSR count). The van der Waals surface area contributed by atoms with Crippen LogP contribution in [-0.4, -0.2) is 20.2 Å². The summed E-state index contributed by atoms with van der Waals surface area (Å²) in [4.78, 5) is 27.4. The van der Waals surface area contributed by atoms with Gasteiger partial charge in [-0.25, -0.2) is 4.79 Å². The highest BCUT2D eigenvalue weighted by Crippen LogP contribution is 2.50. The molecule has 0 aromatic carbocycles. The SMILES string of the molecule is CC[C@H]1C[C@@H]1c1cc(-c2c[nH]c(=O)[nH]c2=O)nnc1C#N.[HH].[HH]. The van der Waals surface area contributed by atoms with Gasteiger partial charge in [-0.2, -0.15) is 5.26 Å². The third-order valence-corrected chi connectivity index (χ3v) is 3.87. The highest BCUT2D eigenvalue weighted by atomic mass is 16.2. The molecule has 2 aromatic heterocycles. The zero-order valence-corrected chi connectivity index (χ0v) is 11.4. The number of nitrogens with zero attached hydrogens (tertiary/aromatic N) is 3. The van der Waals surface area contributed by atoms with Crippen LogP contribution in [0.25, 0.3) is 11.3 Å². The minimum absolute atomic E-state index is 0. The van der Waals surface area contributed by atoms with Crippen LogP contribution in [0.5, 0.6) is 0 Å². The molecule has 110 valence electrons. The van der Waals surface area contributed by atoms with Crippen molar-refractivity contribution in [2.45, 2.75) is 25.7 Å². The van der Waals surface area contributed by atoms with E-state index in [2.05, 4.69) is 27.1 Å². The lowest BCUT2D eigenvalue weighted by atomic mass is 10.0. The Balaban J connectivity index is 0.00000132. The number of hydrogen-bond donors (Lipinski definition) is 2. The molecular weight excluding hydrogens is 270 g/mol. The van der Waals surface area contributed by atoms with Crippen molar-refractivity contribution in [3.63, 3.8) is 0 Å². The quantitative estimate of drug-likeness (QED) is 0.885. The third kappa shape index (κ3) is 2.36. The summed E-state index contributed by atoms with van der Waals surface area (Å²) in [5, 5.41) is 17.0. The van der Waals surface area contributed by atoms with Crippen molar-refractivity contribution in [1.29, 1.82) is 5.26 Å². The van der Waals surface area contributed by atoms with Crippen molar-refractivity contribution in [3.8, 4) is 17.3 Å². The maximum atomic E-state index is 11.8. The van der Waals surface area contributed by atoms with Gasteiger partial charge in [-0.1, -0.05) is 13.3 Å². The van der Waals surface area contributed by atoms with Crippen molar-refractivity contribution in [2.24, 2.45) is 5.92 Å². The fourth-order valence-electron chi connectivity index (χ4n) is 2.59. The van der Waals surface area contributed by atoms with Crippen molar-refractivity contribution in [1.82, 2.24) is 20.2 Å². The van der Waals surface area contributed by atoms with E-state index in [1.807, 2.05) is 6.07 Å². The number of hydrogen-bond acceptors (Lipinski definition) is 5. The molecule has 0 radical (unpaired) electrons. The Labute approximate surface area is 122 Å². The van der Waals surface area contributed by atoms with E-state index < -0.39 is 11.2 Å². The molecule has 1 saturated carbocycles.